The van der Waals surface area contributed by atoms with E-state index in [2.05, 4.69) is 60.6 Å². The first-order chi connectivity index (χ1) is 8.65. The highest BCUT2D eigenvalue weighted by atomic mass is 79.9. The molecule has 3 rings (SSSR count). The lowest BCUT2D eigenvalue weighted by atomic mass is 10.1. The molecule has 0 unspecified atom stereocenters. The number of halogens is 1. The maximum atomic E-state index is 4.68. The summed E-state index contributed by atoms with van der Waals surface area (Å²) >= 11 is 0. The summed E-state index contributed by atoms with van der Waals surface area (Å²) in [5.74, 6) is 0. The molecule has 98 valence electrons. The molecule has 3 heteroatoms. The van der Waals surface area contributed by atoms with Crippen LogP contribution in [0.1, 0.15) is 16.8 Å². The van der Waals surface area contributed by atoms with E-state index in [1.165, 1.54) is 22.4 Å². The molecule has 0 saturated carbocycles. The maximum absolute atomic E-state index is 4.68. The fraction of sp³-hybridized carbons (Fsp3) is 0.188. The number of rotatable bonds is 1. The SMILES string of the molecule is Br.Cc1ccc(-c2cn3c(C)cccc3n2)cc1C. The Morgan fingerprint density at radius 1 is 0.947 bits per heavy atom. The second-order valence-corrected chi connectivity index (χ2v) is 4.82. The lowest BCUT2D eigenvalue weighted by molar-refractivity contribution is 1.09. The van der Waals surface area contributed by atoms with Gasteiger partial charge in [0.15, 0.2) is 0 Å². The summed E-state index contributed by atoms with van der Waals surface area (Å²) in [7, 11) is 0. The van der Waals surface area contributed by atoms with Crippen molar-refractivity contribution in [2.45, 2.75) is 20.8 Å². The van der Waals surface area contributed by atoms with Crippen LogP contribution in [0.15, 0.2) is 42.6 Å². The van der Waals surface area contributed by atoms with Gasteiger partial charge in [-0.05, 0) is 50.1 Å². The molecule has 0 aliphatic heterocycles. The largest absolute Gasteiger partial charge is 0.304 e. The first kappa shape index (κ1) is 13.8. The molecule has 0 spiro atoms. The molecule has 0 saturated heterocycles. The Bertz CT molecular complexity index is 729. The fourth-order valence-electron chi connectivity index (χ4n) is 2.19. The van der Waals surface area contributed by atoms with E-state index < -0.39 is 0 Å². The van der Waals surface area contributed by atoms with Crippen LogP contribution in [-0.2, 0) is 0 Å². The molecule has 1 aromatic carbocycles. The number of hydrogen-bond donors (Lipinski definition) is 0. The van der Waals surface area contributed by atoms with E-state index in [0.29, 0.717) is 0 Å². The van der Waals surface area contributed by atoms with Gasteiger partial charge in [0.05, 0.1) is 5.69 Å². The van der Waals surface area contributed by atoms with Gasteiger partial charge < -0.3 is 4.40 Å². The van der Waals surface area contributed by atoms with Crippen LogP contribution in [0.4, 0.5) is 0 Å². The molecule has 2 aromatic heterocycles. The quantitative estimate of drug-likeness (QED) is 0.646. The van der Waals surface area contributed by atoms with Crippen molar-refractivity contribution in [3.8, 4) is 11.3 Å². The van der Waals surface area contributed by atoms with Gasteiger partial charge in [0, 0.05) is 17.5 Å². The van der Waals surface area contributed by atoms with Crippen LogP contribution in [0, 0.1) is 20.8 Å². The van der Waals surface area contributed by atoms with Crippen LogP contribution >= 0.6 is 17.0 Å². The summed E-state index contributed by atoms with van der Waals surface area (Å²) in [4.78, 5) is 4.68. The third-order valence-corrected chi connectivity index (χ3v) is 3.50. The van der Waals surface area contributed by atoms with Gasteiger partial charge in [0.1, 0.15) is 5.65 Å². The van der Waals surface area contributed by atoms with E-state index in [1.807, 2.05) is 12.1 Å². The van der Waals surface area contributed by atoms with E-state index in [0.717, 1.165) is 11.3 Å². The van der Waals surface area contributed by atoms with Crippen molar-refractivity contribution >= 4 is 22.6 Å². The van der Waals surface area contributed by atoms with Crippen LogP contribution in [0.2, 0.25) is 0 Å². The Balaban J connectivity index is 0.00000133. The molecule has 19 heavy (non-hydrogen) atoms. The predicted octanol–water partition coefficient (Wildman–Crippen LogP) is 4.50. The van der Waals surface area contributed by atoms with Gasteiger partial charge in [0.25, 0.3) is 0 Å². The van der Waals surface area contributed by atoms with Gasteiger partial charge in [-0.15, -0.1) is 17.0 Å². The second-order valence-electron chi connectivity index (χ2n) is 4.82. The first-order valence-electron chi connectivity index (χ1n) is 6.17. The molecule has 0 aliphatic carbocycles. The summed E-state index contributed by atoms with van der Waals surface area (Å²) in [5, 5.41) is 0. The zero-order chi connectivity index (χ0) is 12.7. The molecule has 2 heterocycles. The molecule has 0 fully saturated rings. The summed E-state index contributed by atoms with van der Waals surface area (Å²) in [6, 6.07) is 12.7. The van der Waals surface area contributed by atoms with Gasteiger partial charge in [-0.1, -0.05) is 18.2 Å². The average Bonchev–Trinajstić information content (AvgIpc) is 2.78. The number of aryl methyl sites for hydroxylation is 3. The fourth-order valence-corrected chi connectivity index (χ4v) is 2.19. The Labute approximate surface area is 123 Å². The van der Waals surface area contributed by atoms with Crippen LogP contribution < -0.4 is 0 Å². The molecule has 2 nitrogen and oxygen atoms in total. The molecule has 0 radical (unpaired) electrons. The number of nitrogens with zero attached hydrogens (tertiary/aromatic N) is 2. The molecular weight excluding hydrogens is 300 g/mol. The van der Waals surface area contributed by atoms with Crippen molar-refractivity contribution in [1.82, 2.24) is 9.38 Å². The molecule has 0 aliphatic rings. The Hall–Kier alpha value is -1.61. The van der Waals surface area contributed by atoms with Gasteiger partial charge in [-0.2, -0.15) is 0 Å². The van der Waals surface area contributed by atoms with Crippen LogP contribution in [0.3, 0.4) is 0 Å². The number of fused-ring (bicyclic) bond motifs is 1. The molecule has 0 atom stereocenters. The smallest absolute Gasteiger partial charge is 0.137 e. The normalized spacial score (nSPS) is 10.5. The summed E-state index contributed by atoms with van der Waals surface area (Å²) in [5.41, 5.74) is 7.05. The van der Waals surface area contributed by atoms with Crippen molar-refractivity contribution < 1.29 is 0 Å². The Kier molecular flexibility index (Phi) is 3.76. The predicted molar refractivity (Wildman–Crippen MR) is 85.2 cm³/mol. The number of benzene rings is 1. The van der Waals surface area contributed by atoms with E-state index >= 15 is 0 Å². The summed E-state index contributed by atoms with van der Waals surface area (Å²) in [6.45, 7) is 6.37. The van der Waals surface area contributed by atoms with Crippen molar-refractivity contribution in [3.05, 3.63) is 59.4 Å². The van der Waals surface area contributed by atoms with Crippen molar-refractivity contribution in [1.29, 1.82) is 0 Å². The van der Waals surface area contributed by atoms with Crippen molar-refractivity contribution in [2.24, 2.45) is 0 Å². The molecule has 0 N–H and O–H groups in total. The van der Waals surface area contributed by atoms with E-state index in [4.69, 9.17) is 0 Å². The minimum atomic E-state index is 0. The van der Waals surface area contributed by atoms with E-state index in [-0.39, 0.29) is 17.0 Å². The van der Waals surface area contributed by atoms with Gasteiger partial charge in [-0.3, -0.25) is 0 Å². The van der Waals surface area contributed by atoms with Crippen LogP contribution in [-0.4, -0.2) is 9.38 Å². The van der Waals surface area contributed by atoms with E-state index in [1.54, 1.807) is 0 Å². The summed E-state index contributed by atoms with van der Waals surface area (Å²) < 4.78 is 2.13. The molecule has 0 bridgehead atoms. The first-order valence-corrected chi connectivity index (χ1v) is 6.17. The summed E-state index contributed by atoms with van der Waals surface area (Å²) in [6.07, 6.45) is 2.11. The number of pyridine rings is 1. The standard InChI is InChI=1S/C16H16N2.BrH/c1-11-7-8-14(9-12(11)2)15-10-18-13(3)5-4-6-16(18)17-15;/h4-10H,1-3H3;1H. The Morgan fingerprint density at radius 3 is 2.42 bits per heavy atom. The number of hydrogen-bond acceptors (Lipinski definition) is 1. The molecule has 0 amide bonds. The molecular formula is C16H17BrN2. The minimum absolute atomic E-state index is 0. The zero-order valence-electron chi connectivity index (χ0n) is 11.3. The minimum Gasteiger partial charge on any atom is -0.304 e. The van der Waals surface area contributed by atoms with Crippen molar-refractivity contribution in [2.75, 3.05) is 0 Å². The topological polar surface area (TPSA) is 17.3 Å². The van der Waals surface area contributed by atoms with E-state index in [9.17, 15) is 0 Å². The highest BCUT2D eigenvalue weighted by Gasteiger charge is 2.06. The zero-order valence-corrected chi connectivity index (χ0v) is 13.1. The lowest BCUT2D eigenvalue weighted by Crippen LogP contribution is -1.86. The number of imidazole rings is 1. The van der Waals surface area contributed by atoms with Gasteiger partial charge in [-0.25, -0.2) is 4.98 Å². The average molecular weight is 317 g/mol. The lowest BCUT2D eigenvalue weighted by Gasteiger charge is -2.01. The highest BCUT2D eigenvalue weighted by molar-refractivity contribution is 8.93. The van der Waals surface area contributed by atoms with Gasteiger partial charge in [0.2, 0.25) is 0 Å². The number of aromatic nitrogens is 2. The highest BCUT2D eigenvalue weighted by Crippen LogP contribution is 2.22. The van der Waals surface area contributed by atoms with Crippen molar-refractivity contribution in [3.63, 3.8) is 0 Å². The third-order valence-electron chi connectivity index (χ3n) is 3.50. The van der Waals surface area contributed by atoms with Crippen LogP contribution in [0.5, 0.6) is 0 Å². The maximum Gasteiger partial charge on any atom is 0.137 e. The monoisotopic (exact) mass is 316 g/mol. The molecule has 3 aromatic rings. The van der Waals surface area contributed by atoms with Gasteiger partial charge >= 0.3 is 0 Å². The third kappa shape index (κ3) is 2.43. The Morgan fingerprint density at radius 2 is 1.74 bits per heavy atom. The van der Waals surface area contributed by atoms with Crippen LogP contribution in [0.25, 0.3) is 16.9 Å². The second kappa shape index (κ2) is 5.17.